The zero-order valence-electron chi connectivity index (χ0n) is 13.5. The van der Waals surface area contributed by atoms with Gasteiger partial charge in [0.1, 0.15) is 5.75 Å². The summed E-state index contributed by atoms with van der Waals surface area (Å²) in [5.74, 6) is 2.76. The van der Waals surface area contributed by atoms with E-state index in [1.807, 2.05) is 0 Å². The van der Waals surface area contributed by atoms with Crippen LogP contribution in [0.1, 0.15) is 62.4 Å². The third-order valence-electron chi connectivity index (χ3n) is 5.44. The van der Waals surface area contributed by atoms with Crippen molar-refractivity contribution in [2.75, 3.05) is 6.61 Å². The van der Waals surface area contributed by atoms with Crippen molar-refractivity contribution in [1.82, 2.24) is 0 Å². The van der Waals surface area contributed by atoms with E-state index in [9.17, 15) is 0 Å². The summed E-state index contributed by atoms with van der Waals surface area (Å²) in [6.45, 7) is 8.03. The Balaban J connectivity index is 1.65. The van der Waals surface area contributed by atoms with Crippen LogP contribution in [-0.4, -0.2) is 6.61 Å². The summed E-state index contributed by atoms with van der Waals surface area (Å²) in [5, 5.41) is 0. The van der Waals surface area contributed by atoms with Crippen LogP contribution < -0.4 is 4.74 Å². The Bertz CT molecular complexity index is 495. The highest BCUT2D eigenvalue weighted by Crippen LogP contribution is 2.46. The Morgan fingerprint density at radius 3 is 2.52 bits per heavy atom. The van der Waals surface area contributed by atoms with Gasteiger partial charge in [-0.2, -0.15) is 0 Å². The van der Waals surface area contributed by atoms with E-state index in [0.717, 1.165) is 30.6 Å². The first-order chi connectivity index (χ1) is 9.95. The van der Waals surface area contributed by atoms with Gasteiger partial charge in [0.25, 0.3) is 0 Å². The predicted molar refractivity (Wildman–Crippen MR) is 92.2 cm³/mol. The summed E-state index contributed by atoms with van der Waals surface area (Å²) >= 11 is 3.99. The maximum Gasteiger partial charge on any atom is 0.122 e. The second-order valence-electron chi connectivity index (χ2n) is 7.85. The maximum atomic E-state index is 5.61. The Kier molecular flexibility index (Phi) is 4.36. The van der Waals surface area contributed by atoms with E-state index >= 15 is 0 Å². The highest BCUT2D eigenvalue weighted by atomic mass is 79.9. The van der Waals surface area contributed by atoms with Gasteiger partial charge in [-0.25, -0.2) is 0 Å². The van der Waals surface area contributed by atoms with Gasteiger partial charge in [-0.05, 0) is 60.1 Å². The molecule has 2 heteroatoms. The molecule has 1 aromatic carbocycles. The van der Waals surface area contributed by atoms with Crippen LogP contribution in [0.2, 0.25) is 0 Å². The van der Waals surface area contributed by atoms with Gasteiger partial charge in [0.05, 0.1) is 6.61 Å². The van der Waals surface area contributed by atoms with Gasteiger partial charge in [-0.3, -0.25) is 0 Å². The molecule has 0 amide bonds. The monoisotopic (exact) mass is 350 g/mol. The molecule has 0 aromatic heterocycles. The second-order valence-corrected chi connectivity index (χ2v) is 8.83. The maximum absolute atomic E-state index is 5.61. The van der Waals surface area contributed by atoms with E-state index in [0.29, 0.717) is 10.2 Å². The molecule has 2 aliphatic rings. The normalized spacial score (nSPS) is 27.0. The fourth-order valence-electron chi connectivity index (χ4n) is 3.93. The molecule has 0 bridgehead atoms. The smallest absolute Gasteiger partial charge is 0.122 e. The molecule has 0 radical (unpaired) electrons. The molecule has 3 rings (SSSR count). The molecule has 1 unspecified atom stereocenters. The van der Waals surface area contributed by atoms with E-state index in [4.69, 9.17) is 4.74 Å². The van der Waals surface area contributed by atoms with E-state index in [1.165, 1.54) is 36.8 Å². The lowest BCUT2D eigenvalue weighted by molar-refractivity contribution is 0.149. The first-order valence-electron chi connectivity index (χ1n) is 8.35. The van der Waals surface area contributed by atoms with Gasteiger partial charge in [-0.15, -0.1) is 0 Å². The van der Waals surface area contributed by atoms with Crippen LogP contribution in [0.15, 0.2) is 18.2 Å². The lowest BCUT2D eigenvalue weighted by Crippen LogP contribution is -2.27. The molecule has 1 heterocycles. The van der Waals surface area contributed by atoms with Crippen LogP contribution in [0.25, 0.3) is 0 Å². The van der Waals surface area contributed by atoms with Crippen molar-refractivity contribution in [3.63, 3.8) is 0 Å². The van der Waals surface area contributed by atoms with Crippen molar-refractivity contribution in [2.45, 2.75) is 57.7 Å². The minimum Gasteiger partial charge on any atom is -0.493 e. The number of hydrogen-bond donors (Lipinski definition) is 0. The molecule has 0 saturated heterocycles. The molecule has 1 fully saturated rings. The molecular weight excluding hydrogens is 324 g/mol. The summed E-state index contributed by atoms with van der Waals surface area (Å²) in [5.41, 5.74) is 3.30. The quantitative estimate of drug-likeness (QED) is 0.602. The zero-order valence-corrected chi connectivity index (χ0v) is 15.1. The average Bonchev–Trinajstić information content (AvgIpc) is 2.93. The summed E-state index contributed by atoms with van der Waals surface area (Å²) < 4.78 is 5.61. The number of alkyl halides is 1. The third-order valence-corrected chi connectivity index (χ3v) is 6.72. The molecule has 1 nitrogen and oxygen atoms in total. The Morgan fingerprint density at radius 1 is 1.14 bits per heavy atom. The summed E-state index contributed by atoms with van der Waals surface area (Å²) in [6, 6.07) is 6.77. The number of hydrogen-bond acceptors (Lipinski definition) is 1. The van der Waals surface area contributed by atoms with Gasteiger partial charge in [0.2, 0.25) is 0 Å². The number of benzene rings is 1. The van der Waals surface area contributed by atoms with Crippen molar-refractivity contribution in [3.05, 3.63) is 29.3 Å². The van der Waals surface area contributed by atoms with E-state index in [-0.39, 0.29) is 0 Å². The first kappa shape index (κ1) is 15.4. The fraction of sp³-hybridized carbons (Fsp3) is 0.684. The topological polar surface area (TPSA) is 9.23 Å². The number of halogens is 1. The summed E-state index contributed by atoms with van der Waals surface area (Å²) in [7, 11) is 0. The van der Waals surface area contributed by atoms with Crippen LogP contribution in [-0.2, 0) is 6.42 Å². The largest absolute Gasteiger partial charge is 0.493 e. The minimum absolute atomic E-state index is 0.470. The molecule has 1 atom stereocenters. The molecule has 1 saturated carbocycles. The van der Waals surface area contributed by atoms with Crippen molar-refractivity contribution in [1.29, 1.82) is 0 Å². The predicted octanol–water partition coefficient (Wildman–Crippen LogP) is 5.91. The molecule has 21 heavy (non-hydrogen) atoms. The number of rotatable bonds is 2. The second kappa shape index (κ2) is 5.95. The van der Waals surface area contributed by atoms with Crippen LogP contribution in [0, 0.1) is 17.3 Å². The van der Waals surface area contributed by atoms with Crippen LogP contribution in [0.3, 0.4) is 0 Å². The molecule has 1 aliphatic carbocycles. The molecule has 1 aromatic rings. The Morgan fingerprint density at radius 2 is 1.86 bits per heavy atom. The van der Waals surface area contributed by atoms with Crippen molar-refractivity contribution in [2.24, 2.45) is 17.3 Å². The van der Waals surface area contributed by atoms with Crippen molar-refractivity contribution < 1.29 is 4.74 Å². The molecule has 0 N–H and O–H groups in total. The van der Waals surface area contributed by atoms with E-state index in [2.05, 4.69) is 54.9 Å². The van der Waals surface area contributed by atoms with Crippen molar-refractivity contribution in [3.8, 4) is 5.75 Å². The Labute approximate surface area is 137 Å². The summed E-state index contributed by atoms with van der Waals surface area (Å²) in [6.07, 6.45) is 6.53. The Hall–Kier alpha value is -0.500. The lowest BCUT2D eigenvalue weighted by Gasteiger charge is -2.38. The van der Waals surface area contributed by atoms with Gasteiger partial charge in [0.15, 0.2) is 0 Å². The van der Waals surface area contributed by atoms with Crippen molar-refractivity contribution >= 4 is 15.9 Å². The first-order valence-corrected chi connectivity index (χ1v) is 9.26. The fourth-order valence-corrected chi connectivity index (χ4v) is 4.74. The molecular formula is C19H27BrO. The van der Waals surface area contributed by atoms with E-state index < -0.39 is 0 Å². The van der Waals surface area contributed by atoms with Crippen LogP contribution in [0.5, 0.6) is 5.75 Å². The lowest BCUT2D eigenvalue weighted by atomic mass is 9.69. The molecule has 116 valence electrons. The van der Waals surface area contributed by atoms with Crippen LogP contribution in [0.4, 0.5) is 0 Å². The van der Waals surface area contributed by atoms with Crippen LogP contribution >= 0.6 is 15.9 Å². The van der Waals surface area contributed by atoms with Gasteiger partial charge < -0.3 is 4.74 Å². The number of ether oxygens (including phenoxy) is 1. The highest BCUT2D eigenvalue weighted by molar-refractivity contribution is 9.09. The zero-order chi connectivity index (χ0) is 15.0. The SMILES string of the molecule is CC(C)(C)C1CCC(C(Br)c2ccc3c(c2)CCO3)CC1. The highest BCUT2D eigenvalue weighted by Gasteiger charge is 2.32. The third kappa shape index (κ3) is 3.31. The average molecular weight is 351 g/mol. The molecule has 1 aliphatic heterocycles. The number of fused-ring (bicyclic) bond motifs is 1. The van der Waals surface area contributed by atoms with Gasteiger partial charge in [-0.1, -0.05) is 48.8 Å². The summed E-state index contributed by atoms with van der Waals surface area (Å²) in [4.78, 5) is 0.504. The minimum atomic E-state index is 0.470. The standard InChI is InChI=1S/C19H27BrO/c1-19(2,3)16-7-4-13(5-8-16)18(20)15-6-9-17-14(12-15)10-11-21-17/h6,9,12-13,16,18H,4-5,7-8,10-11H2,1-3H3. The van der Waals surface area contributed by atoms with E-state index in [1.54, 1.807) is 0 Å². The molecule has 0 spiro atoms. The van der Waals surface area contributed by atoms with Gasteiger partial charge >= 0.3 is 0 Å². The van der Waals surface area contributed by atoms with Gasteiger partial charge in [0, 0.05) is 11.2 Å².